The molecule has 0 saturated carbocycles. The molecule has 140 valence electrons. The Morgan fingerprint density at radius 2 is 2.04 bits per heavy atom. The summed E-state index contributed by atoms with van der Waals surface area (Å²) >= 11 is 5.16. The number of sulfonamides is 1. The number of nitriles is 1. The van der Waals surface area contributed by atoms with Gasteiger partial charge in [0.2, 0.25) is 15.9 Å². The highest BCUT2D eigenvalue weighted by Crippen LogP contribution is 2.23. The summed E-state index contributed by atoms with van der Waals surface area (Å²) in [6, 6.07) is 8.47. The fourth-order valence-electron chi connectivity index (χ4n) is 2.41. The molecule has 0 N–H and O–H groups in total. The largest absolute Gasteiger partial charge is 0.409 e. The van der Waals surface area contributed by atoms with Gasteiger partial charge in [0, 0.05) is 18.7 Å². The Labute approximate surface area is 158 Å². The van der Waals surface area contributed by atoms with E-state index < -0.39 is 10.0 Å². The van der Waals surface area contributed by atoms with Crippen LogP contribution < -0.4 is 0 Å². The predicted octanol–water partition coefficient (Wildman–Crippen LogP) is 2.32. The molecule has 1 aromatic carbocycles. The van der Waals surface area contributed by atoms with E-state index in [1.54, 1.807) is 44.0 Å². The molecular formula is C16H21N5O3S2. The fraction of sp³-hybridized carbons (Fsp3) is 0.438. The maximum atomic E-state index is 12.7. The van der Waals surface area contributed by atoms with Crippen LogP contribution in [0.15, 0.2) is 33.6 Å². The zero-order chi connectivity index (χ0) is 19.3. The van der Waals surface area contributed by atoms with E-state index in [0.29, 0.717) is 25.3 Å². The van der Waals surface area contributed by atoms with Crippen molar-refractivity contribution >= 4 is 22.2 Å². The van der Waals surface area contributed by atoms with Gasteiger partial charge in [0.05, 0.1) is 24.2 Å². The molecule has 0 saturated heterocycles. The first kappa shape index (κ1) is 20.3. The first-order valence-corrected chi connectivity index (χ1v) is 9.92. The third kappa shape index (κ3) is 4.37. The Bertz CT molecular complexity index is 955. The summed E-state index contributed by atoms with van der Waals surface area (Å²) in [6.07, 6.45) is 0. The summed E-state index contributed by atoms with van der Waals surface area (Å²) in [7, 11) is -1.81. The van der Waals surface area contributed by atoms with Crippen LogP contribution in [-0.2, 0) is 16.7 Å². The molecule has 10 heteroatoms. The van der Waals surface area contributed by atoms with E-state index in [4.69, 9.17) is 21.9 Å². The van der Waals surface area contributed by atoms with Gasteiger partial charge in [0.15, 0.2) is 0 Å². The minimum absolute atomic E-state index is 0.154. The summed E-state index contributed by atoms with van der Waals surface area (Å²) in [5, 5.41) is 13.0. The topological polar surface area (TPSA) is 95.4 Å². The monoisotopic (exact) mass is 395 g/mol. The first-order chi connectivity index (χ1) is 12.3. The van der Waals surface area contributed by atoms with Gasteiger partial charge in [0.25, 0.3) is 4.84 Å². The molecule has 0 atom stereocenters. The second kappa shape index (κ2) is 8.55. The van der Waals surface area contributed by atoms with Gasteiger partial charge in [0.1, 0.15) is 0 Å². The molecule has 0 aliphatic rings. The average Bonchev–Trinajstić information content (AvgIpc) is 2.97. The number of hydrogen-bond donors (Lipinski definition) is 0. The number of benzene rings is 1. The zero-order valence-electron chi connectivity index (χ0n) is 14.9. The molecule has 0 aliphatic carbocycles. The summed E-state index contributed by atoms with van der Waals surface area (Å²) in [6.45, 7) is 4.90. The Morgan fingerprint density at radius 1 is 1.35 bits per heavy atom. The normalized spacial score (nSPS) is 11.8. The molecule has 2 aromatic rings. The van der Waals surface area contributed by atoms with Crippen LogP contribution in [0.1, 0.15) is 13.8 Å². The third-order valence-electron chi connectivity index (χ3n) is 3.75. The van der Waals surface area contributed by atoms with Crippen molar-refractivity contribution in [2.75, 3.05) is 26.7 Å². The highest BCUT2D eigenvalue weighted by Gasteiger charge is 2.22. The molecule has 0 aliphatic heterocycles. The lowest BCUT2D eigenvalue weighted by atomic mass is 10.2. The maximum Gasteiger partial charge on any atom is 0.288 e. The molecule has 0 spiro atoms. The van der Waals surface area contributed by atoms with Gasteiger partial charge in [-0.25, -0.2) is 13.1 Å². The van der Waals surface area contributed by atoms with Crippen LogP contribution in [0.4, 0.5) is 0 Å². The number of hydrogen-bond acceptors (Lipinski definition) is 7. The summed E-state index contributed by atoms with van der Waals surface area (Å²) in [5.41, 5.74) is 0.519. The van der Waals surface area contributed by atoms with Gasteiger partial charge in [-0.1, -0.05) is 19.9 Å². The molecule has 1 heterocycles. The van der Waals surface area contributed by atoms with Gasteiger partial charge in [-0.3, -0.25) is 4.90 Å². The summed E-state index contributed by atoms with van der Waals surface area (Å²) in [4.78, 5) is 2.06. The molecule has 0 radical (unpaired) electrons. The van der Waals surface area contributed by atoms with Crippen molar-refractivity contribution < 1.29 is 12.8 Å². The van der Waals surface area contributed by atoms with Crippen molar-refractivity contribution in [2.24, 2.45) is 0 Å². The van der Waals surface area contributed by atoms with Crippen LogP contribution in [0.25, 0.3) is 11.5 Å². The lowest BCUT2D eigenvalue weighted by molar-refractivity contribution is 0.275. The van der Waals surface area contributed by atoms with Crippen molar-refractivity contribution in [2.45, 2.75) is 25.4 Å². The quantitative estimate of drug-likeness (QED) is 0.500. The van der Waals surface area contributed by atoms with Gasteiger partial charge in [-0.2, -0.15) is 9.57 Å². The van der Waals surface area contributed by atoms with E-state index in [0.717, 1.165) is 0 Å². The van der Waals surface area contributed by atoms with E-state index >= 15 is 0 Å². The van der Waals surface area contributed by atoms with Gasteiger partial charge in [-0.15, -0.1) is 5.10 Å². The van der Waals surface area contributed by atoms with Crippen molar-refractivity contribution in [3.8, 4) is 17.5 Å². The first-order valence-electron chi connectivity index (χ1n) is 8.07. The zero-order valence-corrected chi connectivity index (χ0v) is 16.5. The van der Waals surface area contributed by atoms with E-state index in [1.807, 2.05) is 6.07 Å². The maximum absolute atomic E-state index is 12.7. The minimum atomic E-state index is -3.57. The van der Waals surface area contributed by atoms with Crippen LogP contribution in [-0.4, -0.2) is 54.1 Å². The fourth-order valence-corrected chi connectivity index (χ4v) is 4.10. The molecule has 0 amide bonds. The van der Waals surface area contributed by atoms with Gasteiger partial charge < -0.3 is 4.42 Å². The van der Waals surface area contributed by atoms with Crippen molar-refractivity contribution in [1.29, 1.82) is 5.26 Å². The molecule has 0 bridgehead atoms. The minimum Gasteiger partial charge on any atom is -0.409 e. The SMILES string of the molecule is CCN(CC)S(=O)(=O)c1cccc(-c2nn(CN(C)CC#N)c(=S)o2)c1. The highest BCUT2D eigenvalue weighted by molar-refractivity contribution is 7.89. The molecule has 26 heavy (non-hydrogen) atoms. The second-order valence-electron chi connectivity index (χ2n) is 5.60. The van der Waals surface area contributed by atoms with Crippen LogP contribution in [0.3, 0.4) is 0 Å². The third-order valence-corrected chi connectivity index (χ3v) is 6.09. The van der Waals surface area contributed by atoms with Crippen LogP contribution in [0, 0.1) is 16.2 Å². The van der Waals surface area contributed by atoms with E-state index in [9.17, 15) is 8.42 Å². The summed E-state index contributed by atoms with van der Waals surface area (Å²) < 4.78 is 33.7. The summed E-state index contributed by atoms with van der Waals surface area (Å²) in [5.74, 6) is 0.233. The van der Waals surface area contributed by atoms with Crippen LogP contribution in [0.2, 0.25) is 0 Å². The molecule has 1 aromatic heterocycles. The van der Waals surface area contributed by atoms with Gasteiger partial charge >= 0.3 is 0 Å². The number of aromatic nitrogens is 2. The van der Waals surface area contributed by atoms with E-state index in [2.05, 4.69) is 5.10 Å². The second-order valence-corrected chi connectivity index (χ2v) is 7.89. The van der Waals surface area contributed by atoms with E-state index in [1.165, 1.54) is 15.1 Å². The smallest absolute Gasteiger partial charge is 0.288 e. The van der Waals surface area contributed by atoms with Crippen LogP contribution in [0.5, 0.6) is 0 Å². The van der Waals surface area contributed by atoms with Crippen LogP contribution >= 0.6 is 12.2 Å². The lowest BCUT2D eigenvalue weighted by Crippen LogP contribution is -2.30. The molecule has 2 rings (SSSR count). The molecular weight excluding hydrogens is 374 g/mol. The number of nitrogens with zero attached hydrogens (tertiary/aromatic N) is 5. The van der Waals surface area contributed by atoms with Crippen molar-refractivity contribution in [3.63, 3.8) is 0 Å². The molecule has 0 fully saturated rings. The number of rotatable bonds is 8. The Kier molecular flexibility index (Phi) is 6.66. The van der Waals surface area contributed by atoms with E-state index in [-0.39, 0.29) is 22.2 Å². The lowest BCUT2D eigenvalue weighted by Gasteiger charge is -2.18. The highest BCUT2D eigenvalue weighted by atomic mass is 32.2. The Morgan fingerprint density at radius 3 is 2.65 bits per heavy atom. The predicted molar refractivity (Wildman–Crippen MR) is 99.1 cm³/mol. The Balaban J connectivity index is 2.37. The average molecular weight is 396 g/mol. The molecule has 0 unspecified atom stereocenters. The standard InChI is InChI=1S/C16H21N5O3S2/c1-4-20(5-2)26(22,23)14-8-6-7-13(11-14)15-18-21(16(25)24-15)12-19(3)10-9-17/h6-8,11H,4-5,10,12H2,1-3H3. The van der Waals surface area contributed by atoms with Crippen molar-refractivity contribution in [1.82, 2.24) is 19.0 Å². The molecule has 8 nitrogen and oxygen atoms in total. The van der Waals surface area contributed by atoms with Gasteiger partial charge in [-0.05, 0) is 37.5 Å². The Hall–Kier alpha value is -2.06. The van der Waals surface area contributed by atoms with Crippen molar-refractivity contribution in [3.05, 3.63) is 29.1 Å².